The van der Waals surface area contributed by atoms with E-state index < -0.39 is 0 Å². The predicted octanol–water partition coefficient (Wildman–Crippen LogP) is 4.23. The van der Waals surface area contributed by atoms with Crippen LogP contribution in [0.3, 0.4) is 0 Å². The third-order valence-electron chi connectivity index (χ3n) is 3.89. The maximum absolute atomic E-state index is 12.6. The fourth-order valence-electron chi connectivity index (χ4n) is 2.87. The van der Waals surface area contributed by atoms with Crippen LogP contribution in [0.4, 0.5) is 0 Å². The summed E-state index contributed by atoms with van der Waals surface area (Å²) >= 11 is 11.9. The van der Waals surface area contributed by atoms with Crippen molar-refractivity contribution in [1.29, 1.82) is 0 Å². The number of halogens is 2. The van der Waals surface area contributed by atoms with Crippen LogP contribution >= 0.6 is 23.2 Å². The van der Waals surface area contributed by atoms with Gasteiger partial charge < -0.3 is 9.88 Å². The molecular weight excluding hydrogens is 307 g/mol. The zero-order chi connectivity index (χ0) is 14.8. The zero-order valence-electron chi connectivity index (χ0n) is 11.5. The van der Waals surface area contributed by atoms with E-state index in [1.54, 1.807) is 12.1 Å². The smallest absolute Gasteiger partial charge is 0.227 e. The number of rotatable bonds is 3. The lowest BCUT2D eigenvalue weighted by Gasteiger charge is -2.24. The first-order valence-corrected chi connectivity index (χ1v) is 7.77. The Bertz CT molecular complexity index is 640. The largest absolute Gasteiger partial charge is 0.363 e. The average molecular weight is 323 g/mol. The Morgan fingerprint density at radius 2 is 2.14 bits per heavy atom. The fraction of sp³-hybridized carbons (Fsp3) is 0.312. The van der Waals surface area contributed by atoms with Gasteiger partial charge in [-0.2, -0.15) is 0 Å². The highest BCUT2D eigenvalue weighted by Crippen LogP contribution is 2.31. The van der Waals surface area contributed by atoms with Gasteiger partial charge in [-0.1, -0.05) is 29.3 Å². The molecule has 0 aliphatic carbocycles. The number of likely N-dealkylation sites (tertiary alicyclic amines) is 1. The molecule has 1 unspecified atom stereocenters. The van der Waals surface area contributed by atoms with Crippen molar-refractivity contribution in [2.75, 3.05) is 6.54 Å². The first kappa shape index (κ1) is 14.5. The van der Waals surface area contributed by atoms with Crippen molar-refractivity contribution in [2.45, 2.75) is 25.3 Å². The van der Waals surface area contributed by atoms with Crippen molar-refractivity contribution in [3.8, 4) is 0 Å². The second kappa shape index (κ2) is 6.12. The Hall–Kier alpha value is -1.45. The summed E-state index contributed by atoms with van der Waals surface area (Å²) in [5.74, 6) is 0.130. The molecule has 0 saturated carbocycles. The Balaban J connectivity index is 1.73. The Morgan fingerprint density at radius 1 is 1.29 bits per heavy atom. The van der Waals surface area contributed by atoms with E-state index >= 15 is 0 Å². The summed E-state index contributed by atoms with van der Waals surface area (Å²) in [5.41, 5.74) is 2.00. The number of hydrogen-bond donors (Lipinski definition) is 1. The number of nitrogens with one attached hydrogen (secondary N) is 1. The van der Waals surface area contributed by atoms with E-state index in [0.717, 1.165) is 30.6 Å². The monoisotopic (exact) mass is 322 g/mol. The van der Waals surface area contributed by atoms with Crippen LogP contribution in [-0.4, -0.2) is 22.3 Å². The molecule has 5 heteroatoms. The fourth-order valence-corrected chi connectivity index (χ4v) is 3.19. The van der Waals surface area contributed by atoms with Gasteiger partial charge >= 0.3 is 0 Å². The molecule has 0 spiro atoms. The quantitative estimate of drug-likeness (QED) is 0.902. The van der Waals surface area contributed by atoms with E-state index in [-0.39, 0.29) is 11.9 Å². The van der Waals surface area contributed by atoms with Gasteiger partial charge in [0.1, 0.15) is 0 Å². The van der Waals surface area contributed by atoms with Crippen molar-refractivity contribution < 1.29 is 4.79 Å². The van der Waals surface area contributed by atoms with E-state index in [2.05, 4.69) is 4.98 Å². The SMILES string of the molecule is O=C(Cc1ccc(Cl)c(Cl)c1)N1CCCC1c1ccc[nH]1. The number of H-pyrrole nitrogens is 1. The Morgan fingerprint density at radius 3 is 2.86 bits per heavy atom. The molecule has 0 bridgehead atoms. The number of aromatic amines is 1. The van der Waals surface area contributed by atoms with E-state index in [1.165, 1.54) is 0 Å². The van der Waals surface area contributed by atoms with Gasteiger partial charge in [-0.25, -0.2) is 0 Å². The number of aromatic nitrogens is 1. The third-order valence-corrected chi connectivity index (χ3v) is 4.63. The van der Waals surface area contributed by atoms with Gasteiger partial charge in [0.15, 0.2) is 0 Å². The normalized spacial score (nSPS) is 18.2. The summed E-state index contributed by atoms with van der Waals surface area (Å²) in [4.78, 5) is 17.7. The molecule has 1 aromatic carbocycles. The van der Waals surface area contributed by atoms with Gasteiger partial charge in [0.05, 0.1) is 22.5 Å². The summed E-state index contributed by atoms with van der Waals surface area (Å²) in [5, 5.41) is 1.00. The van der Waals surface area contributed by atoms with E-state index in [4.69, 9.17) is 23.2 Å². The van der Waals surface area contributed by atoms with E-state index in [1.807, 2.05) is 29.3 Å². The maximum Gasteiger partial charge on any atom is 0.227 e. The molecule has 0 radical (unpaired) electrons. The first-order chi connectivity index (χ1) is 10.1. The van der Waals surface area contributed by atoms with Crippen molar-refractivity contribution in [3.63, 3.8) is 0 Å². The highest BCUT2D eigenvalue weighted by atomic mass is 35.5. The lowest BCUT2D eigenvalue weighted by Crippen LogP contribution is -2.32. The van der Waals surface area contributed by atoms with E-state index in [9.17, 15) is 4.79 Å². The van der Waals surface area contributed by atoms with Gasteiger partial charge in [-0.15, -0.1) is 0 Å². The molecule has 3 rings (SSSR count). The van der Waals surface area contributed by atoms with Crippen LogP contribution in [0.5, 0.6) is 0 Å². The Kier molecular flexibility index (Phi) is 4.22. The van der Waals surface area contributed by atoms with Crippen LogP contribution in [0.1, 0.15) is 30.1 Å². The molecule has 2 aromatic rings. The summed E-state index contributed by atoms with van der Waals surface area (Å²) in [6, 6.07) is 9.52. The molecule has 110 valence electrons. The molecule has 1 aromatic heterocycles. The average Bonchev–Trinajstić information content (AvgIpc) is 3.12. The maximum atomic E-state index is 12.6. The molecular formula is C16H16Cl2N2O. The minimum absolute atomic E-state index is 0.130. The number of hydrogen-bond acceptors (Lipinski definition) is 1. The summed E-state index contributed by atoms with van der Waals surface area (Å²) in [6.07, 6.45) is 4.30. The molecule has 3 nitrogen and oxygen atoms in total. The summed E-state index contributed by atoms with van der Waals surface area (Å²) in [6.45, 7) is 0.809. The zero-order valence-corrected chi connectivity index (χ0v) is 13.0. The van der Waals surface area contributed by atoms with Crippen LogP contribution in [-0.2, 0) is 11.2 Å². The van der Waals surface area contributed by atoms with Gasteiger partial charge in [0, 0.05) is 18.4 Å². The van der Waals surface area contributed by atoms with Crippen LogP contribution in [0.15, 0.2) is 36.5 Å². The van der Waals surface area contributed by atoms with Crippen molar-refractivity contribution in [3.05, 3.63) is 57.8 Å². The molecule has 21 heavy (non-hydrogen) atoms. The molecule has 1 amide bonds. The second-order valence-electron chi connectivity index (χ2n) is 5.30. The molecule has 2 heterocycles. The highest BCUT2D eigenvalue weighted by molar-refractivity contribution is 6.42. The number of carbonyl (C=O) groups excluding carboxylic acids is 1. The van der Waals surface area contributed by atoms with Crippen molar-refractivity contribution in [1.82, 2.24) is 9.88 Å². The van der Waals surface area contributed by atoms with Gasteiger partial charge in [0.25, 0.3) is 0 Å². The standard InChI is InChI=1S/C16H16Cl2N2O/c17-12-6-5-11(9-13(12)18)10-16(21)20-8-2-4-15(20)14-3-1-7-19-14/h1,3,5-7,9,15,19H,2,4,8,10H2. The number of benzene rings is 1. The van der Waals surface area contributed by atoms with Crippen LogP contribution in [0.2, 0.25) is 10.0 Å². The Labute approximate surface area is 133 Å². The van der Waals surface area contributed by atoms with Gasteiger partial charge in [-0.05, 0) is 42.7 Å². The second-order valence-corrected chi connectivity index (χ2v) is 6.11. The summed E-state index contributed by atoms with van der Waals surface area (Å²) < 4.78 is 0. The van der Waals surface area contributed by atoms with Gasteiger partial charge in [0.2, 0.25) is 5.91 Å². The van der Waals surface area contributed by atoms with Crippen molar-refractivity contribution >= 4 is 29.1 Å². The summed E-state index contributed by atoms with van der Waals surface area (Å²) in [7, 11) is 0. The lowest BCUT2D eigenvalue weighted by atomic mass is 10.1. The lowest BCUT2D eigenvalue weighted by molar-refractivity contribution is -0.131. The number of amides is 1. The molecule has 1 aliphatic rings. The topological polar surface area (TPSA) is 36.1 Å². The molecule has 1 atom stereocenters. The molecule has 1 saturated heterocycles. The number of nitrogens with zero attached hydrogens (tertiary/aromatic N) is 1. The minimum atomic E-state index is 0.130. The molecule has 1 aliphatic heterocycles. The third kappa shape index (κ3) is 3.09. The first-order valence-electron chi connectivity index (χ1n) is 7.02. The molecule has 1 fully saturated rings. The van der Waals surface area contributed by atoms with Gasteiger partial charge in [-0.3, -0.25) is 4.79 Å². The predicted molar refractivity (Wildman–Crippen MR) is 84.6 cm³/mol. The van der Waals surface area contributed by atoms with E-state index in [0.29, 0.717) is 16.5 Å². The van der Waals surface area contributed by atoms with Crippen molar-refractivity contribution in [2.24, 2.45) is 0 Å². The highest BCUT2D eigenvalue weighted by Gasteiger charge is 2.30. The minimum Gasteiger partial charge on any atom is -0.363 e. The van der Waals surface area contributed by atoms with Crippen LogP contribution < -0.4 is 0 Å². The molecule has 1 N–H and O–H groups in total. The number of carbonyl (C=O) groups is 1. The van der Waals surface area contributed by atoms with Crippen LogP contribution in [0, 0.1) is 0 Å². The van der Waals surface area contributed by atoms with Crippen LogP contribution in [0.25, 0.3) is 0 Å².